The second-order valence-electron chi connectivity index (χ2n) is 7.59. The lowest BCUT2D eigenvalue weighted by atomic mass is 9.73. The van der Waals surface area contributed by atoms with E-state index in [9.17, 15) is 4.79 Å². The van der Waals surface area contributed by atoms with Crippen LogP contribution in [0.5, 0.6) is 0 Å². The largest absolute Gasteiger partial charge is 0.469 e. The lowest BCUT2D eigenvalue weighted by molar-refractivity contribution is -0.147. The Morgan fingerprint density at radius 1 is 1.48 bits per heavy atom. The summed E-state index contributed by atoms with van der Waals surface area (Å²) in [5.74, 6) is 0.742. The zero-order valence-electron chi connectivity index (χ0n) is 15.6. The second kappa shape index (κ2) is 7.89. The van der Waals surface area contributed by atoms with E-state index >= 15 is 0 Å². The van der Waals surface area contributed by atoms with E-state index in [0.717, 1.165) is 39.0 Å². The van der Waals surface area contributed by atoms with Crippen LogP contribution in [0.3, 0.4) is 0 Å². The average molecular weight is 350 g/mol. The van der Waals surface area contributed by atoms with Gasteiger partial charge in [-0.05, 0) is 46.3 Å². The van der Waals surface area contributed by atoms with Crippen molar-refractivity contribution in [3.63, 3.8) is 0 Å². The van der Waals surface area contributed by atoms with Gasteiger partial charge >= 0.3 is 0 Å². The normalized spacial score (nSPS) is 26.7. The number of furan rings is 1. The number of rotatable bonds is 6. The van der Waals surface area contributed by atoms with Crippen LogP contribution in [0.1, 0.15) is 35.4 Å². The van der Waals surface area contributed by atoms with Gasteiger partial charge in [0, 0.05) is 31.7 Å². The fourth-order valence-electron chi connectivity index (χ4n) is 3.97. The third kappa shape index (κ3) is 4.07. The van der Waals surface area contributed by atoms with Crippen molar-refractivity contribution >= 4 is 5.91 Å². The van der Waals surface area contributed by atoms with Crippen molar-refractivity contribution in [2.75, 3.05) is 53.6 Å². The monoisotopic (exact) mass is 350 g/mol. The van der Waals surface area contributed by atoms with E-state index in [1.807, 2.05) is 25.9 Å². The molecule has 25 heavy (non-hydrogen) atoms. The van der Waals surface area contributed by atoms with Gasteiger partial charge in [-0.1, -0.05) is 0 Å². The van der Waals surface area contributed by atoms with Gasteiger partial charge in [-0.25, -0.2) is 0 Å². The van der Waals surface area contributed by atoms with Crippen LogP contribution in [0.4, 0.5) is 0 Å². The highest BCUT2D eigenvalue weighted by molar-refractivity contribution is 5.95. The van der Waals surface area contributed by atoms with Crippen LogP contribution < -0.4 is 0 Å². The van der Waals surface area contributed by atoms with Crippen molar-refractivity contribution in [1.82, 2.24) is 9.80 Å². The number of carbonyl (C=O) groups is 1. The summed E-state index contributed by atoms with van der Waals surface area (Å²) in [5, 5.41) is 0. The molecular formula is C19H30N2O4. The molecular weight excluding hydrogens is 320 g/mol. The van der Waals surface area contributed by atoms with Crippen molar-refractivity contribution in [2.45, 2.75) is 32.3 Å². The number of likely N-dealkylation sites (tertiary alicyclic amines) is 1. The van der Waals surface area contributed by atoms with Gasteiger partial charge in [0.1, 0.15) is 5.76 Å². The standard InChI is InChI=1S/C19H30N2O4/c1-15-16(6-11-24-15)18(22)21-8-5-17-19(13-21,7-4-10-25-17)14-23-12-9-20(2)3/h6,11,17H,4-5,7-10,12-14H2,1-3H3. The molecule has 0 saturated carbocycles. The number of fused-ring (bicyclic) bond motifs is 1. The van der Waals surface area contributed by atoms with Gasteiger partial charge in [0.25, 0.3) is 5.91 Å². The SMILES string of the molecule is Cc1occc1C(=O)N1CCC2OCCCC2(COCCN(C)C)C1. The van der Waals surface area contributed by atoms with Crippen LogP contribution in [0.15, 0.2) is 16.7 Å². The van der Waals surface area contributed by atoms with Gasteiger partial charge in [0.05, 0.1) is 31.1 Å². The van der Waals surface area contributed by atoms with Crippen LogP contribution in [-0.2, 0) is 9.47 Å². The Morgan fingerprint density at radius 2 is 2.32 bits per heavy atom. The van der Waals surface area contributed by atoms with Gasteiger partial charge < -0.3 is 23.7 Å². The molecule has 140 valence electrons. The minimum absolute atomic E-state index is 0.0583. The van der Waals surface area contributed by atoms with E-state index in [4.69, 9.17) is 13.9 Å². The van der Waals surface area contributed by atoms with Crippen molar-refractivity contribution in [3.8, 4) is 0 Å². The summed E-state index contributed by atoms with van der Waals surface area (Å²) in [7, 11) is 4.09. The fraction of sp³-hybridized carbons (Fsp3) is 0.737. The van der Waals surface area contributed by atoms with E-state index < -0.39 is 0 Å². The molecule has 2 aliphatic heterocycles. The van der Waals surface area contributed by atoms with Gasteiger partial charge in [-0.2, -0.15) is 0 Å². The van der Waals surface area contributed by atoms with E-state index in [0.29, 0.717) is 31.1 Å². The molecule has 1 aromatic heterocycles. The minimum atomic E-state index is -0.0872. The number of likely N-dealkylation sites (N-methyl/N-ethyl adjacent to an activating group) is 1. The molecule has 6 heteroatoms. The molecule has 0 aromatic carbocycles. The molecule has 2 saturated heterocycles. The molecule has 2 aliphatic rings. The topological polar surface area (TPSA) is 55.2 Å². The van der Waals surface area contributed by atoms with Crippen molar-refractivity contribution in [3.05, 3.63) is 23.7 Å². The van der Waals surface area contributed by atoms with Crippen molar-refractivity contribution in [2.24, 2.45) is 5.41 Å². The second-order valence-corrected chi connectivity index (χ2v) is 7.59. The zero-order chi connectivity index (χ0) is 17.9. The van der Waals surface area contributed by atoms with E-state index in [2.05, 4.69) is 4.90 Å². The predicted octanol–water partition coefficient (Wildman–Crippen LogP) is 2.18. The minimum Gasteiger partial charge on any atom is -0.469 e. The van der Waals surface area contributed by atoms with E-state index in [1.54, 1.807) is 12.3 Å². The maximum atomic E-state index is 12.9. The molecule has 1 aromatic rings. The molecule has 2 fully saturated rings. The Kier molecular flexibility index (Phi) is 5.81. The number of hydrogen-bond donors (Lipinski definition) is 0. The average Bonchev–Trinajstić information content (AvgIpc) is 3.03. The molecule has 0 aliphatic carbocycles. The lowest BCUT2D eigenvalue weighted by Crippen LogP contribution is -2.58. The summed E-state index contributed by atoms with van der Waals surface area (Å²) >= 11 is 0. The number of nitrogens with zero attached hydrogens (tertiary/aromatic N) is 2. The van der Waals surface area contributed by atoms with Crippen LogP contribution in [0.2, 0.25) is 0 Å². The van der Waals surface area contributed by atoms with E-state index in [1.165, 1.54) is 0 Å². The molecule has 0 N–H and O–H groups in total. The smallest absolute Gasteiger partial charge is 0.257 e. The van der Waals surface area contributed by atoms with Crippen LogP contribution in [-0.4, -0.2) is 75.4 Å². The number of hydrogen-bond acceptors (Lipinski definition) is 5. The Balaban J connectivity index is 1.68. The Bertz CT molecular complexity index is 586. The van der Waals surface area contributed by atoms with Crippen molar-refractivity contribution in [1.29, 1.82) is 0 Å². The highest BCUT2D eigenvalue weighted by Gasteiger charge is 2.47. The third-order valence-electron chi connectivity index (χ3n) is 5.44. The molecule has 0 bridgehead atoms. The van der Waals surface area contributed by atoms with Crippen molar-refractivity contribution < 1.29 is 18.7 Å². The zero-order valence-corrected chi connectivity index (χ0v) is 15.6. The third-order valence-corrected chi connectivity index (χ3v) is 5.44. The van der Waals surface area contributed by atoms with Crippen LogP contribution >= 0.6 is 0 Å². The molecule has 0 spiro atoms. The first-order chi connectivity index (χ1) is 12.0. The summed E-state index contributed by atoms with van der Waals surface area (Å²) < 4.78 is 17.4. The number of aryl methyl sites for hydroxylation is 1. The first kappa shape index (κ1) is 18.4. The number of piperidine rings is 1. The summed E-state index contributed by atoms with van der Waals surface area (Å²) in [6, 6.07) is 1.77. The van der Waals surface area contributed by atoms with Gasteiger partial charge in [0.15, 0.2) is 0 Å². The highest BCUT2D eigenvalue weighted by atomic mass is 16.5. The number of ether oxygens (including phenoxy) is 2. The number of carbonyl (C=O) groups excluding carboxylic acids is 1. The molecule has 6 nitrogen and oxygen atoms in total. The first-order valence-corrected chi connectivity index (χ1v) is 9.19. The summed E-state index contributed by atoms with van der Waals surface area (Å²) in [6.07, 6.45) is 4.72. The van der Waals surface area contributed by atoms with Gasteiger partial charge in [0.2, 0.25) is 0 Å². The summed E-state index contributed by atoms with van der Waals surface area (Å²) in [5.41, 5.74) is 0.578. The summed E-state index contributed by atoms with van der Waals surface area (Å²) in [6.45, 7) is 6.34. The first-order valence-electron chi connectivity index (χ1n) is 9.19. The summed E-state index contributed by atoms with van der Waals surface area (Å²) in [4.78, 5) is 17.0. The molecule has 0 radical (unpaired) electrons. The Hall–Kier alpha value is -1.37. The maximum absolute atomic E-state index is 12.9. The maximum Gasteiger partial charge on any atom is 0.257 e. The quantitative estimate of drug-likeness (QED) is 0.736. The van der Waals surface area contributed by atoms with Gasteiger partial charge in [-0.15, -0.1) is 0 Å². The van der Waals surface area contributed by atoms with Gasteiger partial charge in [-0.3, -0.25) is 4.79 Å². The fourth-order valence-corrected chi connectivity index (χ4v) is 3.97. The highest BCUT2D eigenvalue weighted by Crippen LogP contribution is 2.41. The molecule has 3 rings (SSSR count). The van der Waals surface area contributed by atoms with Crippen LogP contribution in [0.25, 0.3) is 0 Å². The Labute approximate surface area is 150 Å². The Morgan fingerprint density at radius 3 is 3.04 bits per heavy atom. The molecule has 3 heterocycles. The molecule has 1 amide bonds. The van der Waals surface area contributed by atoms with E-state index in [-0.39, 0.29) is 17.4 Å². The van der Waals surface area contributed by atoms with Crippen LogP contribution in [0, 0.1) is 12.3 Å². The molecule has 2 atom stereocenters. The lowest BCUT2D eigenvalue weighted by Gasteiger charge is -2.50. The predicted molar refractivity (Wildman–Crippen MR) is 94.7 cm³/mol. The molecule has 2 unspecified atom stereocenters. The number of amides is 1.